The maximum Gasteiger partial charge on any atom is 0.416 e. The number of amides is 3. The van der Waals surface area contributed by atoms with E-state index in [2.05, 4.69) is 11.9 Å². The summed E-state index contributed by atoms with van der Waals surface area (Å²) >= 11 is 0. The van der Waals surface area contributed by atoms with Gasteiger partial charge in [-0.15, -0.1) is 6.58 Å². The van der Waals surface area contributed by atoms with Gasteiger partial charge in [0.2, 0.25) is 0 Å². The lowest BCUT2D eigenvalue weighted by atomic mass is 9.76. The summed E-state index contributed by atoms with van der Waals surface area (Å²) in [6.45, 7) is 6.80. The fourth-order valence-electron chi connectivity index (χ4n) is 6.30. The number of halogens is 7. The van der Waals surface area contributed by atoms with Crippen LogP contribution in [0.3, 0.4) is 0 Å². The molecule has 0 bridgehead atoms. The SMILES string of the molecule is C=CC[C@]1(N(C(=O)OC)c2ccccc2)CCN(C(=O)NC[C@H](C)c2cc(C(F)(F)F)cc(C(F)(F)F)c2)[C@@H](c2ccc(F)cc2C)C1. The highest BCUT2D eigenvalue weighted by atomic mass is 19.4. The molecule has 0 aliphatic carbocycles. The topological polar surface area (TPSA) is 61.9 Å². The predicted molar refractivity (Wildman–Crippen MR) is 167 cm³/mol. The minimum absolute atomic E-state index is 0.0563. The van der Waals surface area contributed by atoms with Crippen molar-refractivity contribution in [3.63, 3.8) is 0 Å². The number of carbonyl (C=O) groups is 2. The minimum Gasteiger partial charge on any atom is -0.452 e. The number of methoxy groups -OCH3 is 1. The molecule has 1 fully saturated rings. The number of aryl methyl sites for hydroxylation is 1. The molecule has 1 aliphatic rings. The number of nitrogens with zero attached hydrogens (tertiary/aromatic N) is 2. The van der Waals surface area contributed by atoms with E-state index in [4.69, 9.17) is 4.74 Å². The molecule has 3 amide bonds. The fourth-order valence-corrected chi connectivity index (χ4v) is 6.30. The van der Waals surface area contributed by atoms with Crippen LogP contribution in [-0.4, -0.2) is 42.8 Å². The summed E-state index contributed by atoms with van der Waals surface area (Å²) in [5.41, 5.74) is -2.40. The van der Waals surface area contributed by atoms with Crippen LogP contribution in [0.25, 0.3) is 0 Å². The van der Waals surface area contributed by atoms with Crippen LogP contribution in [0.1, 0.15) is 66.0 Å². The van der Waals surface area contributed by atoms with Crippen molar-refractivity contribution in [2.45, 2.75) is 63.0 Å². The lowest BCUT2D eigenvalue weighted by Gasteiger charge is -2.51. The van der Waals surface area contributed by atoms with E-state index in [9.17, 15) is 40.3 Å². The number of urea groups is 1. The van der Waals surface area contributed by atoms with Gasteiger partial charge in [-0.2, -0.15) is 26.3 Å². The van der Waals surface area contributed by atoms with Crippen LogP contribution in [-0.2, 0) is 17.1 Å². The van der Waals surface area contributed by atoms with E-state index in [-0.39, 0.29) is 37.6 Å². The van der Waals surface area contributed by atoms with Gasteiger partial charge in [-0.25, -0.2) is 14.0 Å². The molecular weight excluding hydrogens is 643 g/mol. The zero-order valence-electron chi connectivity index (χ0n) is 26.6. The highest BCUT2D eigenvalue weighted by molar-refractivity contribution is 5.89. The molecule has 48 heavy (non-hydrogen) atoms. The summed E-state index contributed by atoms with van der Waals surface area (Å²) < 4.78 is 100. The summed E-state index contributed by atoms with van der Waals surface area (Å²) in [6.07, 6.45) is -8.27. The van der Waals surface area contributed by atoms with Gasteiger partial charge in [0.1, 0.15) is 5.82 Å². The number of likely N-dealkylation sites (tertiary alicyclic amines) is 1. The molecule has 1 aliphatic heterocycles. The highest BCUT2D eigenvalue weighted by Gasteiger charge is 2.48. The Labute approximate surface area is 274 Å². The largest absolute Gasteiger partial charge is 0.452 e. The van der Waals surface area contributed by atoms with Gasteiger partial charge >= 0.3 is 24.5 Å². The van der Waals surface area contributed by atoms with Gasteiger partial charge in [-0.3, -0.25) is 4.90 Å². The molecule has 1 heterocycles. The van der Waals surface area contributed by atoms with Crippen LogP contribution in [0.5, 0.6) is 0 Å². The van der Waals surface area contributed by atoms with Crippen molar-refractivity contribution in [3.05, 3.63) is 113 Å². The van der Waals surface area contributed by atoms with E-state index >= 15 is 0 Å². The number of hydrogen-bond acceptors (Lipinski definition) is 3. The normalized spacial score (nSPS) is 19.0. The van der Waals surface area contributed by atoms with Crippen molar-refractivity contribution in [2.75, 3.05) is 25.1 Å². The molecule has 3 atom stereocenters. The zero-order chi connectivity index (χ0) is 35.4. The van der Waals surface area contributed by atoms with E-state index in [1.165, 1.54) is 36.0 Å². The summed E-state index contributed by atoms with van der Waals surface area (Å²) in [5.74, 6) is -1.42. The molecule has 0 saturated carbocycles. The number of piperidine rings is 1. The Morgan fingerprint density at radius 2 is 1.67 bits per heavy atom. The third-order valence-corrected chi connectivity index (χ3v) is 8.73. The number of rotatable bonds is 8. The van der Waals surface area contributed by atoms with Gasteiger partial charge in [0.25, 0.3) is 0 Å². The van der Waals surface area contributed by atoms with Crippen LogP contribution in [0.15, 0.2) is 79.4 Å². The second-order valence-electron chi connectivity index (χ2n) is 11.9. The van der Waals surface area contributed by atoms with Crippen LogP contribution in [0.4, 0.5) is 46.0 Å². The molecule has 0 spiro atoms. The Morgan fingerprint density at radius 1 is 1.04 bits per heavy atom. The van der Waals surface area contributed by atoms with Gasteiger partial charge < -0.3 is 15.0 Å². The van der Waals surface area contributed by atoms with Crippen molar-refractivity contribution in [1.82, 2.24) is 10.2 Å². The molecule has 0 aromatic heterocycles. The van der Waals surface area contributed by atoms with Crippen molar-refractivity contribution < 1.29 is 45.1 Å². The first-order chi connectivity index (χ1) is 22.5. The number of hydrogen-bond donors (Lipinski definition) is 1. The second kappa shape index (κ2) is 14.3. The monoisotopic (exact) mass is 679 g/mol. The molecule has 0 unspecified atom stereocenters. The Kier molecular flexibility index (Phi) is 10.8. The van der Waals surface area contributed by atoms with E-state index in [1.54, 1.807) is 49.4 Å². The van der Waals surface area contributed by atoms with Crippen molar-refractivity contribution in [3.8, 4) is 0 Å². The number of benzene rings is 3. The maximum atomic E-state index is 14.2. The molecule has 258 valence electrons. The second-order valence-corrected chi connectivity index (χ2v) is 11.9. The average Bonchev–Trinajstić information content (AvgIpc) is 3.03. The standard InChI is InChI=1S/C35H36F7N3O3/c1-5-13-33(45(32(47)48-4)28-9-7-6-8-10-28)14-15-44(30(20-33)29-12-11-27(36)16-22(29)2)31(46)43-21-23(3)24-17-25(34(37,38)39)19-26(18-24)35(40,41)42/h5-12,16-19,23,30H,1,13-15,20-21H2,2-4H3,(H,43,46)/t23-,30+,33-/m0/s1. The number of anilines is 1. The van der Waals surface area contributed by atoms with Gasteiger partial charge in [-0.05, 0) is 91.3 Å². The van der Waals surface area contributed by atoms with Gasteiger partial charge in [0.15, 0.2) is 0 Å². The number of carbonyl (C=O) groups excluding carboxylic acids is 2. The number of ether oxygens (including phenoxy) is 1. The number of para-hydroxylation sites is 1. The van der Waals surface area contributed by atoms with Gasteiger partial charge in [0.05, 0.1) is 29.8 Å². The van der Waals surface area contributed by atoms with Crippen molar-refractivity contribution in [2.24, 2.45) is 0 Å². The Bertz CT molecular complexity index is 1600. The smallest absolute Gasteiger partial charge is 0.416 e. The summed E-state index contributed by atoms with van der Waals surface area (Å²) in [5, 5.41) is 2.68. The Morgan fingerprint density at radius 3 is 2.21 bits per heavy atom. The highest BCUT2D eigenvalue weighted by Crippen LogP contribution is 2.45. The molecule has 3 aromatic carbocycles. The first-order valence-electron chi connectivity index (χ1n) is 15.1. The lowest BCUT2D eigenvalue weighted by Crippen LogP contribution is -2.60. The molecular formula is C35H36F7N3O3. The van der Waals surface area contributed by atoms with E-state index in [0.29, 0.717) is 35.4 Å². The molecule has 4 rings (SSSR count). The van der Waals surface area contributed by atoms with E-state index in [0.717, 1.165) is 0 Å². The first kappa shape index (κ1) is 36.3. The zero-order valence-corrected chi connectivity index (χ0v) is 26.6. The quantitative estimate of drug-likeness (QED) is 0.191. The van der Waals surface area contributed by atoms with Crippen molar-refractivity contribution in [1.29, 1.82) is 0 Å². The molecule has 1 N–H and O–H groups in total. The van der Waals surface area contributed by atoms with Crippen molar-refractivity contribution >= 4 is 17.8 Å². The Hall–Kier alpha value is -4.55. The predicted octanol–water partition coefficient (Wildman–Crippen LogP) is 9.41. The molecule has 6 nitrogen and oxygen atoms in total. The van der Waals surface area contributed by atoms with Crippen LogP contribution in [0, 0.1) is 12.7 Å². The molecule has 0 radical (unpaired) electrons. The summed E-state index contributed by atoms with van der Waals surface area (Å²) in [6, 6.07) is 12.9. The lowest BCUT2D eigenvalue weighted by molar-refractivity contribution is -0.143. The third kappa shape index (κ3) is 7.94. The van der Waals surface area contributed by atoms with Gasteiger partial charge in [0, 0.05) is 18.8 Å². The van der Waals surface area contributed by atoms with Crippen LogP contribution >= 0.6 is 0 Å². The third-order valence-electron chi connectivity index (χ3n) is 8.73. The molecule has 1 saturated heterocycles. The minimum atomic E-state index is -5.01. The first-order valence-corrected chi connectivity index (χ1v) is 15.1. The van der Waals surface area contributed by atoms with E-state index < -0.39 is 58.9 Å². The fraction of sp³-hybridized carbons (Fsp3) is 0.371. The van der Waals surface area contributed by atoms with E-state index in [1.807, 2.05) is 0 Å². The summed E-state index contributed by atoms with van der Waals surface area (Å²) in [7, 11) is 1.26. The number of alkyl halides is 6. The molecule has 3 aromatic rings. The van der Waals surface area contributed by atoms with Crippen LogP contribution in [0.2, 0.25) is 0 Å². The summed E-state index contributed by atoms with van der Waals surface area (Å²) in [4.78, 5) is 30.2. The van der Waals surface area contributed by atoms with Gasteiger partial charge in [-0.1, -0.05) is 37.3 Å². The number of nitrogens with one attached hydrogen (secondary N) is 1. The van der Waals surface area contributed by atoms with Crippen LogP contribution < -0.4 is 10.2 Å². The Balaban J connectivity index is 1.68. The average molecular weight is 680 g/mol. The maximum absolute atomic E-state index is 14.2. The molecule has 13 heteroatoms.